The summed E-state index contributed by atoms with van der Waals surface area (Å²) in [7, 11) is -3.56. The van der Waals surface area contributed by atoms with E-state index in [1.165, 1.54) is 25.1 Å². The van der Waals surface area contributed by atoms with E-state index in [1.54, 1.807) is 0 Å². The van der Waals surface area contributed by atoms with Gasteiger partial charge in [-0.25, -0.2) is 13.2 Å². The smallest absolute Gasteiger partial charge is 0.416 e. The first-order chi connectivity index (χ1) is 13.3. The maximum atomic E-state index is 12.8. The summed E-state index contributed by atoms with van der Waals surface area (Å²) >= 11 is 5.81. The molecule has 1 N–H and O–H groups in total. The molecule has 0 aliphatic rings. The van der Waals surface area contributed by atoms with Crippen molar-refractivity contribution in [2.75, 3.05) is 11.6 Å². The summed E-state index contributed by atoms with van der Waals surface area (Å²) in [6.07, 6.45) is -5.06. The Bertz CT molecular complexity index is 1050. The number of esters is 1. The van der Waals surface area contributed by atoms with E-state index in [1.807, 2.05) is 0 Å². The molecule has 0 spiro atoms. The fourth-order valence-electron chi connectivity index (χ4n) is 2.17. The van der Waals surface area contributed by atoms with Crippen LogP contribution < -0.4 is 5.32 Å². The van der Waals surface area contributed by atoms with Gasteiger partial charge in [0, 0.05) is 6.26 Å². The number of nitrogens with one attached hydrogen (secondary N) is 1. The van der Waals surface area contributed by atoms with Gasteiger partial charge >= 0.3 is 12.1 Å². The summed E-state index contributed by atoms with van der Waals surface area (Å²) in [5, 5.41) is 2.04. The van der Waals surface area contributed by atoms with Crippen LogP contribution in [0.4, 0.5) is 18.9 Å². The van der Waals surface area contributed by atoms with Gasteiger partial charge in [-0.2, -0.15) is 13.2 Å². The van der Waals surface area contributed by atoms with Gasteiger partial charge < -0.3 is 10.1 Å². The summed E-state index contributed by atoms with van der Waals surface area (Å²) in [6, 6.07) is 7.41. The number of carbonyl (C=O) groups excluding carboxylic acids is 2. The summed E-state index contributed by atoms with van der Waals surface area (Å²) < 4.78 is 66.5. The predicted octanol–water partition coefficient (Wildman–Crippen LogP) is 3.95. The molecule has 156 valence electrons. The maximum Gasteiger partial charge on any atom is 0.416 e. The normalized spacial score (nSPS) is 12.9. The first-order valence-corrected chi connectivity index (χ1v) is 10.2. The molecule has 0 fully saturated rings. The number of alkyl halides is 3. The number of hydrogen-bond donors (Lipinski definition) is 1. The van der Waals surface area contributed by atoms with Crippen molar-refractivity contribution >= 4 is 39.0 Å². The third-order valence-corrected chi connectivity index (χ3v) is 5.14. The van der Waals surface area contributed by atoms with Crippen molar-refractivity contribution in [1.29, 1.82) is 0 Å². The molecule has 1 amide bonds. The molecule has 0 bridgehead atoms. The van der Waals surface area contributed by atoms with Crippen LogP contribution in [0, 0.1) is 0 Å². The molecule has 0 aliphatic carbocycles. The molecule has 0 aliphatic heterocycles. The van der Waals surface area contributed by atoms with E-state index in [-0.39, 0.29) is 21.2 Å². The number of sulfone groups is 1. The minimum absolute atomic E-state index is 0.107. The van der Waals surface area contributed by atoms with Crippen molar-refractivity contribution < 1.29 is 35.9 Å². The first-order valence-electron chi connectivity index (χ1n) is 7.98. The molecule has 0 radical (unpaired) electrons. The zero-order chi connectivity index (χ0) is 22.0. The van der Waals surface area contributed by atoms with E-state index in [0.717, 1.165) is 24.5 Å². The zero-order valence-electron chi connectivity index (χ0n) is 15.1. The molecular formula is C18H15ClF3NO5S. The van der Waals surface area contributed by atoms with E-state index >= 15 is 0 Å². The summed E-state index contributed by atoms with van der Waals surface area (Å²) in [6.45, 7) is 1.20. The van der Waals surface area contributed by atoms with E-state index in [2.05, 4.69) is 5.32 Å². The van der Waals surface area contributed by atoms with Gasteiger partial charge in [-0.3, -0.25) is 4.79 Å². The minimum atomic E-state index is -4.63. The molecule has 2 aromatic carbocycles. The molecular weight excluding hydrogens is 435 g/mol. The number of carbonyl (C=O) groups is 2. The lowest BCUT2D eigenvalue weighted by Gasteiger charge is -2.16. The average molecular weight is 450 g/mol. The number of benzene rings is 2. The van der Waals surface area contributed by atoms with Crippen molar-refractivity contribution in [3.05, 3.63) is 58.6 Å². The highest BCUT2D eigenvalue weighted by atomic mass is 35.5. The second kappa shape index (κ2) is 8.42. The van der Waals surface area contributed by atoms with E-state index in [4.69, 9.17) is 16.3 Å². The largest absolute Gasteiger partial charge is 0.449 e. The molecule has 2 aromatic rings. The monoisotopic (exact) mass is 449 g/mol. The summed E-state index contributed by atoms with van der Waals surface area (Å²) in [5.74, 6) is -1.90. The van der Waals surface area contributed by atoms with Crippen LogP contribution in [-0.2, 0) is 25.5 Å². The lowest BCUT2D eigenvalue weighted by atomic mass is 10.2. The molecule has 0 aromatic heterocycles. The molecule has 11 heteroatoms. The number of anilines is 1. The molecule has 6 nitrogen and oxygen atoms in total. The third-order valence-electron chi connectivity index (χ3n) is 3.70. The Morgan fingerprint density at radius 3 is 2.38 bits per heavy atom. The van der Waals surface area contributed by atoms with Crippen LogP contribution in [0.15, 0.2) is 47.4 Å². The molecule has 0 saturated heterocycles. The lowest BCUT2D eigenvalue weighted by Crippen LogP contribution is -2.30. The fourth-order valence-corrected chi connectivity index (χ4v) is 3.00. The van der Waals surface area contributed by atoms with Crippen LogP contribution in [0.5, 0.6) is 0 Å². The van der Waals surface area contributed by atoms with Gasteiger partial charge in [0.15, 0.2) is 15.9 Å². The highest BCUT2D eigenvalue weighted by Gasteiger charge is 2.31. The number of hydrogen-bond acceptors (Lipinski definition) is 5. The van der Waals surface area contributed by atoms with Gasteiger partial charge in [0.05, 0.1) is 26.7 Å². The molecule has 29 heavy (non-hydrogen) atoms. The second-order valence-electron chi connectivity index (χ2n) is 6.03. The first kappa shape index (κ1) is 22.7. The van der Waals surface area contributed by atoms with Gasteiger partial charge in [-0.05, 0) is 43.3 Å². The van der Waals surface area contributed by atoms with Crippen LogP contribution in [0.25, 0.3) is 0 Å². The molecule has 0 unspecified atom stereocenters. The van der Waals surface area contributed by atoms with Gasteiger partial charge in [0.1, 0.15) is 0 Å². The molecule has 2 rings (SSSR count). The van der Waals surface area contributed by atoms with Crippen LogP contribution in [0.3, 0.4) is 0 Å². The Hall–Kier alpha value is -2.59. The van der Waals surface area contributed by atoms with Crippen LogP contribution in [0.1, 0.15) is 22.8 Å². The Labute approximate surface area is 169 Å². The highest BCUT2D eigenvalue weighted by Crippen LogP contribution is 2.33. The standard InChI is InChI=1S/C18H15ClF3NO5S/c1-10(28-17(25)11-4-3-5-13(8-11)29(2,26)27)16(24)23-15-9-12(18(20,21)22)6-7-14(15)19/h3-10H,1-2H3,(H,23,24)/t10-/m0/s1. The fraction of sp³-hybridized carbons (Fsp3) is 0.222. The number of halogens is 4. The number of ether oxygens (including phenoxy) is 1. The number of rotatable bonds is 5. The van der Waals surface area contributed by atoms with E-state index in [9.17, 15) is 31.2 Å². The average Bonchev–Trinajstić information content (AvgIpc) is 2.61. The Morgan fingerprint density at radius 2 is 1.79 bits per heavy atom. The van der Waals surface area contributed by atoms with Crippen LogP contribution in [-0.4, -0.2) is 32.7 Å². The summed E-state index contributed by atoms with van der Waals surface area (Å²) in [4.78, 5) is 24.3. The van der Waals surface area contributed by atoms with Gasteiger partial charge in [0.2, 0.25) is 0 Å². The summed E-state index contributed by atoms with van der Waals surface area (Å²) in [5.41, 5.74) is -1.42. The van der Waals surface area contributed by atoms with Gasteiger partial charge in [0.25, 0.3) is 5.91 Å². The highest BCUT2D eigenvalue weighted by molar-refractivity contribution is 7.90. The van der Waals surface area contributed by atoms with Crippen LogP contribution in [0.2, 0.25) is 5.02 Å². The topological polar surface area (TPSA) is 89.5 Å². The Morgan fingerprint density at radius 1 is 1.14 bits per heavy atom. The minimum Gasteiger partial charge on any atom is -0.449 e. The molecule has 0 heterocycles. The predicted molar refractivity (Wildman–Crippen MR) is 99.5 cm³/mol. The van der Waals surface area contributed by atoms with Crippen molar-refractivity contribution in [2.45, 2.75) is 24.1 Å². The second-order valence-corrected chi connectivity index (χ2v) is 8.45. The Kier molecular flexibility index (Phi) is 6.59. The van der Waals surface area contributed by atoms with E-state index < -0.39 is 39.6 Å². The SMILES string of the molecule is C[C@H](OC(=O)c1cccc(S(C)(=O)=O)c1)C(=O)Nc1cc(C(F)(F)F)ccc1Cl. The quantitative estimate of drug-likeness (QED) is 0.698. The Balaban J connectivity index is 2.13. The van der Waals surface area contributed by atoms with Crippen molar-refractivity contribution in [1.82, 2.24) is 0 Å². The molecule has 0 saturated carbocycles. The lowest BCUT2D eigenvalue weighted by molar-refractivity contribution is -0.137. The van der Waals surface area contributed by atoms with Gasteiger partial charge in [-0.1, -0.05) is 17.7 Å². The molecule has 1 atom stereocenters. The number of amides is 1. The van der Waals surface area contributed by atoms with Crippen LogP contribution >= 0.6 is 11.6 Å². The van der Waals surface area contributed by atoms with Crippen molar-refractivity contribution in [3.8, 4) is 0 Å². The van der Waals surface area contributed by atoms with Gasteiger partial charge in [-0.15, -0.1) is 0 Å². The zero-order valence-corrected chi connectivity index (χ0v) is 16.7. The van der Waals surface area contributed by atoms with E-state index in [0.29, 0.717) is 6.07 Å². The van der Waals surface area contributed by atoms with Crippen molar-refractivity contribution in [3.63, 3.8) is 0 Å². The third kappa shape index (κ3) is 5.94. The van der Waals surface area contributed by atoms with Crippen molar-refractivity contribution in [2.24, 2.45) is 0 Å². The maximum absolute atomic E-state index is 12.8.